The molecule has 0 atom stereocenters. The molecule has 0 aliphatic carbocycles. The Morgan fingerprint density at radius 3 is 2.71 bits per heavy atom. The van der Waals surface area contributed by atoms with E-state index in [1.807, 2.05) is 24.3 Å². The number of carbonyl (C=O) groups excluding carboxylic acids is 1. The van der Waals surface area contributed by atoms with Gasteiger partial charge in [-0.1, -0.05) is 12.1 Å². The van der Waals surface area contributed by atoms with Crippen molar-refractivity contribution in [2.24, 2.45) is 0 Å². The Bertz CT molecular complexity index is 1110. The number of hydrogen-bond acceptors (Lipinski definition) is 5. The van der Waals surface area contributed by atoms with E-state index in [9.17, 15) is 9.59 Å². The molecule has 3 aromatic rings. The Kier molecular flexibility index (Phi) is 5.21. The van der Waals surface area contributed by atoms with Gasteiger partial charge in [-0.25, -0.2) is 4.98 Å². The van der Waals surface area contributed by atoms with Crippen molar-refractivity contribution in [2.75, 3.05) is 23.3 Å². The van der Waals surface area contributed by atoms with Crippen LogP contribution in [0, 0.1) is 4.77 Å². The maximum absolute atomic E-state index is 12.6. The molecule has 2 N–H and O–H groups in total. The fourth-order valence-electron chi connectivity index (χ4n) is 3.43. The third-order valence-corrected chi connectivity index (χ3v) is 5.24. The van der Waals surface area contributed by atoms with E-state index in [-0.39, 0.29) is 24.4 Å². The molecule has 1 amide bonds. The summed E-state index contributed by atoms with van der Waals surface area (Å²) in [5.41, 5.74) is 1.15. The number of anilines is 2. The summed E-state index contributed by atoms with van der Waals surface area (Å²) in [5, 5.41) is 3.38. The average Bonchev–Trinajstić information content (AvgIpc) is 3.23. The summed E-state index contributed by atoms with van der Waals surface area (Å²) in [6.07, 6.45) is 4.19. The second-order valence-corrected chi connectivity index (χ2v) is 7.22. The average molecular weight is 395 g/mol. The van der Waals surface area contributed by atoms with Crippen molar-refractivity contribution in [3.8, 4) is 0 Å². The Morgan fingerprint density at radius 2 is 1.96 bits per heavy atom. The maximum Gasteiger partial charge on any atom is 0.262 e. The van der Waals surface area contributed by atoms with Gasteiger partial charge in [0.05, 0.1) is 22.8 Å². The minimum atomic E-state index is -0.191. The minimum Gasteiger partial charge on any atom is -0.357 e. The van der Waals surface area contributed by atoms with Crippen LogP contribution in [0.4, 0.5) is 11.5 Å². The van der Waals surface area contributed by atoms with Crippen LogP contribution in [0.3, 0.4) is 0 Å². The highest BCUT2D eigenvalue weighted by atomic mass is 32.1. The first-order chi connectivity index (χ1) is 13.6. The lowest BCUT2D eigenvalue weighted by Gasteiger charge is -2.16. The molecular weight excluding hydrogens is 374 g/mol. The summed E-state index contributed by atoms with van der Waals surface area (Å²) in [7, 11) is 0. The van der Waals surface area contributed by atoms with Crippen molar-refractivity contribution in [1.82, 2.24) is 14.5 Å². The first kappa shape index (κ1) is 18.4. The summed E-state index contributed by atoms with van der Waals surface area (Å²) in [6, 6.07) is 11.0. The van der Waals surface area contributed by atoms with Crippen molar-refractivity contribution < 1.29 is 4.79 Å². The van der Waals surface area contributed by atoms with E-state index in [1.54, 1.807) is 18.3 Å². The molecule has 3 heterocycles. The number of hydrogen-bond donors (Lipinski definition) is 2. The van der Waals surface area contributed by atoms with E-state index >= 15 is 0 Å². The number of amides is 1. The van der Waals surface area contributed by atoms with Gasteiger partial charge in [0, 0.05) is 26.1 Å². The van der Waals surface area contributed by atoms with E-state index in [4.69, 9.17) is 12.2 Å². The fraction of sp³-hybridized carbons (Fsp3) is 0.300. The summed E-state index contributed by atoms with van der Waals surface area (Å²) >= 11 is 5.28. The number of rotatable bonds is 5. The van der Waals surface area contributed by atoms with E-state index in [1.165, 1.54) is 17.4 Å². The Labute approximate surface area is 167 Å². The molecule has 8 heteroatoms. The van der Waals surface area contributed by atoms with Gasteiger partial charge in [0.15, 0.2) is 4.77 Å². The van der Waals surface area contributed by atoms with E-state index in [0.29, 0.717) is 21.4 Å². The van der Waals surface area contributed by atoms with Gasteiger partial charge in [0.25, 0.3) is 5.56 Å². The van der Waals surface area contributed by atoms with Crippen LogP contribution in [0.25, 0.3) is 10.9 Å². The molecule has 0 radical (unpaired) electrons. The van der Waals surface area contributed by atoms with Gasteiger partial charge < -0.3 is 15.2 Å². The molecule has 2 aromatic heterocycles. The zero-order valence-corrected chi connectivity index (χ0v) is 16.2. The third-order valence-electron chi connectivity index (χ3n) is 4.91. The normalized spacial score (nSPS) is 13.8. The summed E-state index contributed by atoms with van der Waals surface area (Å²) < 4.78 is 1.74. The lowest BCUT2D eigenvalue weighted by Crippen LogP contribution is -2.25. The molecule has 1 fully saturated rings. The van der Waals surface area contributed by atoms with Crippen molar-refractivity contribution in [3.05, 3.63) is 57.7 Å². The quantitative estimate of drug-likeness (QED) is 0.649. The number of carbonyl (C=O) groups is 1. The molecule has 1 saturated heterocycles. The number of nitrogens with one attached hydrogen (secondary N) is 2. The van der Waals surface area contributed by atoms with Crippen LogP contribution in [-0.4, -0.2) is 33.5 Å². The second-order valence-electron chi connectivity index (χ2n) is 6.83. The predicted molar refractivity (Wildman–Crippen MR) is 112 cm³/mol. The number of para-hydroxylation sites is 1. The lowest BCUT2D eigenvalue weighted by atomic mass is 10.2. The molecule has 0 saturated carbocycles. The molecule has 4 rings (SSSR count). The summed E-state index contributed by atoms with van der Waals surface area (Å²) in [4.78, 5) is 34.6. The zero-order valence-electron chi connectivity index (χ0n) is 15.4. The van der Waals surface area contributed by atoms with Gasteiger partial charge in [-0.15, -0.1) is 0 Å². The molecule has 7 nitrogen and oxygen atoms in total. The van der Waals surface area contributed by atoms with Gasteiger partial charge in [0.1, 0.15) is 5.82 Å². The number of aromatic nitrogens is 3. The van der Waals surface area contributed by atoms with E-state index < -0.39 is 0 Å². The van der Waals surface area contributed by atoms with Crippen LogP contribution in [-0.2, 0) is 11.3 Å². The predicted octanol–water partition coefficient (Wildman–Crippen LogP) is 3.08. The summed E-state index contributed by atoms with van der Waals surface area (Å²) in [6.45, 7) is 2.27. The van der Waals surface area contributed by atoms with E-state index in [0.717, 1.165) is 18.9 Å². The molecular formula is C20H21N5O2S. The van der Waals surface area contributed by atoms with Crippen molar-refractivity contribution in [1.29, 1.82) is 0 Å². The number of H-pyrrole nitrogens is 1. The largest absolute Gasteiger partial charge is 0.357 e. The molecule has 0 spiro atoms. The van der Waals surface area contributed by atoms with Crippen LogP contribution in [0.15, 0.2) is 47.4 Å². The molecule has 0 bridgehead atoms. The lowest BCUT2D eigenvalue weighted by molar-refractivity contribution is -0.116. The van der Waals surface area contributed by atoms with Gasteiger partial charge >= 0.3 is 0 Å². The second kappa shape index (κ2) is 7.93. The minimum absolute atomic E-state index is 0.142. The number of pyridine rings is 1. The topological polar surface area (TPSA) is 83.0 Å². The Morgan fingerprint density at radius 1 is 1.18 bits per heavy atom. The number of aromatic amines is 1. The molecule has 1 aromatic carbocycles. The highest BCUT2D eigenvalue weighted by Crippen LogP contribution is 2.19. The maximum atomic E-state index is 12.6. The van der Waals surface area contributed by atoms with Crippen LogP contribution >= 0.6 is 12.2 Å². The van der Waals surface area contributed by atoms with Gasteiger partial charge in [0.2, 0.25) is 5.91 Å². The van der Waals surface area contributed by atoms with E-state index in [2.05, 4.69) is 20.2 Å². The molecule has 144 valence electrons. The highest BCUT2D eigenvalue weighted by Gasteiger charge is 2.13. The third kappa shape index (κ3) is 3.82. The van der Waals surface area contributed by atoms with Crippen LogP contribution < -0.4 is 15.8 Å². The molecule has 1 aliphatic heterocycles. The monoisotopic (exact) mass is 395 g/mol. The number of fused-ring (bicyclic) bond motifs is 1. The van der Waals surface area contributed by atoms with Gasteiger partial charge in [-0.05, 0) is 49.3 Å². The Balaban J connectivity index is 1.41. The van der Waals surface area contributed by atoms with Crippen molar-refractivity contribution >= 4 is 40.5 Å². The first-order valence-electron chi connectivity index (χ1n) is 9.34. The highest BCUT2D eigenvalue weighted by molar-refractivity contribution is 7.71. The summed E-state index contributed by atoms with van der Waals surface area (Å²) in [5.74, 6) is 0.745. The smallest absolute Gasteiger partial charge is 0.262 e. The number of benzene rings is 1. The number of nitrogens with zero attached hydrogens (tertiary/aromatic N) is 3. The molecule has 0 unspecified atom stereocenters. The molecule has 28 heavy (non-hydrogen) atoms. The van der Waals surface area contributed by atoms with Crippen LogP contribution in [0.2, 0.25) is 0 Å². The zero-order chi connectivity index (χ0) is 19.5. The van der Waals surface area contributed by atoms with Crippen molar-refractivity contribution in [2.45, 2.75) is 25.8 Å². The fourth-order valence-corrected chi connectivity index (χ4v) is 3.72. The Hall–Kier alpha value is -3.00. The SMILES string of the molecule is O=C(CCn1c(=S)[nH]c2ccccc2c1=O)Nc1ccc(N2CCCC2)nc1. The standard InChI is InChI=1S/C20H21N5O2S/c26-18(22-14-7-8-17(21-13-14)24-10-3-4-11-24)9-12-25-19(27)15-5-1-2-6-16(15)23-20(25)28/h1-2,5-8,13H,3-4,9-12H2,(H,22,26)(H,23,28). The van der Waals surface area contributed by atoms with Gasteiger partial charge in [-0.3, -0.25) is 14.2 Å². The van der Waals surface area contributed by atoms with Gasteiger partial charge in [-0.2, -0.15) is 0 Å². The van der Waals surface area contributed by atoms with Crippen LogP contribution in [0.1, 0.15) is 19.3 Å². The first-order valence-corrected chi connectivity index (χ1v) is 9.75. The molecule has 1 aliphatic rings. The van der Waals surface area contributed by atoms with Crippen molar-refractivity contribution in [3.63, 3.8) is 0 Å². The van der Waals surface area contributed by atoms with Crippen LogP contribution in [0.5, 0.6) is 0 Å².